The molecule has 4 rings (SSSR count). The largest absolute Gasteiger partial charge is 0.360 e. The molecule has 0 atom stereocenters. The van der Waals surface area contributed by atoms with E-state index in [-0.39, 0.29) is 0 Å². The van der Waals surface area contributed by atoms with Gasteiger partial charge in [-0.2, -0.15) is 0 Å². The van der Waals surface area contributed by atoms with Crippen LogP contribution in [0, 0.1) is 13.8 Å². The summed E-state index contributed by atoms with van der Waals surface area (Å²) in [6.45, 7) is 8.29. The van der Waals surface area contributed by atoms with Crippen LogP contribution in [0.25, 0.3) is 33.1 Å². The average molecular weight is 302 g/mol. The summed E-state index contributed by atoms with van der Waals surface area (Å²) in [4.78, 5) is 8.22. The van der Waals surface area contributed by atoms with E-state index in [0.29, 0.717) is 0 Å². The van der Waals surface area contributed by atoms with Crippen LogP contribution in [0.2, 0.25) is 0 Å². The molecule has 2 aromatic heterocycles. The smallest absolute Gasteiger partial charge is 0.0731 e. The van der Waals surface area contributed by atoms with Gasteiger partial charge in [-0.3, -0.25) is 0 Å². The first-order chi connectivity index (χ1) is 11.2. The minimum atomic E-state index is 1.02. The topological polar surface area (TPSA) is 28.7 Å². The standard InChI is InChI=1S/C19H16N2.C2H6/c1-12-7-8-13(2)19-18(12)15(11-20-19)17-10-9-14-5-3-4-6-16(14)21-17;1-2/h3-11,20H,1-2H3;1-2H3. The summed E-state index contributed by atoms with van der Waals surface area (Å²) < 4.78 is 0. The molecule has 2 heteroatoms. The highest BCUT2D eigenvalue weighted by Gasteiger charge is 2.11. The number of aryl methyl sites for hydroxylation is 2. The van der Waals surface area contributed by atoms with Crippen LogP contribution in [0.4, 0.5) is 0 Å². The summed E-state index contributed by atoms with van der Waals surface area (Å²) in [6.07, 6.45) is 2.07. The van der Waals surface area contributed by atoms with Crippen LogP contribution in [0.3, 0.4) is 0 Å². The van der Waals surface area contributed by atoms with Crippen molar-refractivity contribution in [1.29, 1.82) is 0 Å². The van der Waals surface area contributed by atoms with Gasteiger partial charge in [0.1, 0.15) is 0 Å². The molecule has 0 aliphatic heterocycles. The molecule has 0 radical (unpaired) electrons. The van der Waals surface area contributed by atoms with Gasteiger partial charge in [0.25, 0.3) is 0 Å². The molecule has 2 heterocycles. The van der Waals surface area contributed by atoms with E-state index in [2.05, 4.69) is 61.4 Å². The van der Waals surface area contributed by atoms with E-state index in [4.69, 9.17) is 4.98 Å². The summed E-state index contributed by atoms with van der Waals surface area (Å²) in [7, 11) is 0. The molecule has 2 nitrogen and oxygen atoms in total. The Morgan fingerprint density at radius 1 is 0.826 bits per heavy atom. The highest BCUT2D eigenvalue weighted by Crippen LogP contribution is 2.32. The number of H-pyrrole nitrogens is 1. The summed E-state index contributed by atoms with van der Waals surface area (Å²) >= 11 is 0. The molecule has 0 fully saturated rings. The van der Waals surface area contributed by atoms with Crippen LogP contribution in [0.15, 0.2) is 54.7 Å². The zero-order chi connectivity index (χ0) is 16.4. The van der Waals surface area contributed by atoms with E-state index in [9.17, 15) is 0 Å². The van der Waals surface area contributed by atoms with Crippen LogP contribution in [0.5, 0.6) is 0 Å². The second-order valence-electron chi connectivity index (χ2n) is 5.54. The molecule has 0 saturated carbocycles. The predicted molar refractivity (Wildman–Crippen MR) is 99.9 cm³/mol. The zero-order valence-corrected chi connectivity index (χ0v) is 14.1. The van der Waals surface area contributed by atoms with Gasteiger partial charge in [0.05, 0.1) is 11.2 Å². The van der Waals surface area contributed by atoms with Gasteiger partial charge < -0.3 is 4.98 Å². The lowest BCUT2D eigenvalue weighted by molar-refractivity contribution is 1.39. The first kappa shape index (κ1) is 15.3. The molecule has 0 aliphatic carbocycles. The molecule has 2 aromatic carbocycles. The van der Waals surface area contributed by atoms with Crippen LogP contribution >= 0.6 is 0 Å². The summed E-state index contributed by atoms with van der Waals surface area (Å²) in [6, 6.07) is 16.8. The predicted octanol–water partition coefficient (Wildman–Crippen LogP) is 6.03. The summed E-state index contributed by atoms with van der Waals surface area (Å²) in [5.74, 6) is 0. The number of aromatic amines is 1. The number of aromatic nitrogens is 2. The fourth-order valence-electron chi connectivity index (χ4n) is 2.98. The number of hydrogen-bond donors (Lipinski definition) is 1. The van der Waals surface area contributed by atoms with Crippen LogP contribution in [0.1, 0.15) is 25.0 Å². The molecular weight excluding hydrogens is 280 g/mol. The highest BCUT2D eigenvalue weighted by molar-refractivity contribution is 5.99. The monoisotopic (exact) mass is 302 g/mol. The SMILES string of the molecule is CC.Cc1ccc(C)c2c(-c3ccc4ccccc4n3)c[nH]c12. The molecular formula is C21H22N2. The van der Waals surface area contributed by atoms with Crippen molar-refractivity contribution in [3.63, 3.8) is 0 Å². The van der Waals surface area contributed by atoms with Gasteiger partial charge >= 0.3 is 0 Å². The molecule has 0 aliphatic rings. The van der Waals surface area contributed by atoms with Gasteiger partial charge in [-0.25, -0.2) is 4.98 Å². The van der Waals surface area contributed by atoms with Crippen molar-refractivity contribution in [1.82, 2.24) is 9.97 Å². The van der Waals surface area contributed by atoms with Gasteiger partial charge in [-0.15, -0.1) is 0 Å². The maximum atomic E-state index is 4.82. The number of benzene rings is 2. The Morgan fingerprint density at radius 2 is 1.57 bits per heavy atom. The molecule has 23 heavy (non-hydrogen) atoms. The number of rotatable bonds is 1. The van der Waals surface area contributed by atoms with Crippen molar-refractivity contribution in [3.05, 3.63) is 65.9 Å². The Kier molecular flexibility index (Phi) is 4.16. The van der Waals surface area contributed by atoms with Gasteiger partial charge in [0.15, 0.2) is 0 Å². The maximum absolute atomic E-state index is 4.82. The number of hydrogen-bond acceptors (Lipinski definition) is 1. The Balaban J connectivity index is 0.000000753. The molecule has 0 spiro atoms. The second-order valence-corrected chi connectivity index (χ2v) is 5.54. The van der Waals surface area contributed by atoms with Crippen molar-refractivity contribution < 1.29 is 0 Å². The fourth-order valence-corrected chi connectivity index (χ4v) is 2.98. The van der Waals surface area contributed by atoms with Crippen molar-refractivity contribution in [3.8, 4) is 11.3 Å². The van der Waals surface area contributed by atoms with Crippen molar-refractivity contribution in [2.45, 2.75) is 27.7 Å². The molecule has 0 amide bonds. The average Bonchev–Trinajstić information content (AvgIpc) is 3.06. The number of nitrogens with one attached hydrogen (secondary N) is 1. The third-order valence-electron chi connectivity index (χ3n) is 4.13. The Hall–Kier alpha value is -2.61. The van der Waals surface area contributed by atoms with E-state index < -0.39 is 0 Å². The maximum Gasteiger partial charge on any atom is 0.0731 e. The number of pyridine rings is 1. The lowest BCUT2D eigenvalue weighted by atomic mass is 10.0. The Morgan fingerprint density at radius 3 is 2.39 bits per heavy atom. The van der Waals surface area contributed by atoms with E-state index in [1.165, 1.54) is 33.0 Å². The molecule has 0 saturated heterocycles. The molecule has 116 valence electrons. The molecule has 0 bridgehead atoms. The van der Waals surface area contributed by atoms with Gasteiger partial charge in [0.2, 0.25) is 0 Å². The summed E-state index contributed by atoms with van der Waals surface area (Å²) in [5.41, 5.74) is 6.99. The van der Waals surface area contributed by atoms with Gasteiger partial charge in [-0.05, 0) is 37.1 Å². The van der Waals surface area contributed by atoms with Gasteiger partial charge in [-0.1, -0.05) is 50.2 Å². The van der Waals surface area contributed by atoms with Crippen LogP contribution in [-0.4, -0.2) is 9.97 Å². The third kappa shape index (κ3) is 2.61. The number of nitrogens with zero attached hydrogens (tertiary/aromatic N) is 1. The molecule has 1 N–H and O–H groups in total. The minimum absolute atomic E-state index is 1.02. The lowest BCUT2D eigenvalue weighted by Gasteiger charge is -2.05. The van der Waals surface area contributed by atoms with Crippen molar-refractivity contribution in [2.75, 3.05) is 0 Å². The van der Waals surface area contributed by atoms with E-state index >= 15 is 0 Å². The normalized spacial score (nSPS) is 10.6. The minimum Gasteiger partial charge on any atom is -0.360 e. The van der Waals surface area contributed by atoms with E-state index in [1.54, 1.807) is 0 Å². The first-order valence-electron chi connectivity index (χ1n) is 8.17. The zero-order valence-electron chi connectivity index (χ0n) is 14.1. The molecule has 4 aromatic rings. The molecule has 0 unspecified atom stereocenters. The van der Waals surface area contributed by atoms with Crippen molar-refractivity contribution in [2.24, 2.45) is 0 Å². The van der Waals surface area contributed by atoms with E-state index in [0.717, 1.165) is 11.2 Å². The van der Waals surface area contributed by atoms with Crippen molar-refractivity contribution >= 4 is 21.8 Å². The lowest BCUT2D eigenvalue weighted by Crippen LogP contribution is -1.86. The Bertz CT molecular complexity index is 964. The second kappa shape index (κ2) is 6.25. The van der Waals surface area contributed by atoms with Crippen LogP contribution < -0.4 is 0 Å². The quantitative estimate of drug-likeness (QED) is 0.457. The summed E-state index contributed by atoms with van der Waals surface area (Å²) in [5, 5.41) is 2.45. The number of fused-ring (bicyclic) bond motifs is 2. The van der Waals surface area contributed by atoms with Gasteiger partial charge in [0, 0.05) is 28.0 Å². The highest BCUT2D eigenvalue weighted by atomic mass is 14.7. The fraction of sp³-hybridized carbons (Fsp3) is 0.190. The first-order valence-corrected chi connectivity index (χ1v) is 8.17. The van der Waals surface area contributed by atoms with E-state index in [1.807, 2.05) is 26.0 Å². The number of para-hydroxylation sites is 1. The third-order valence-corrected chi connectivity index (χ3v) is 4.13. The van der Waals surface area contributed by atoms with Crippen LogP contribution in [-0.2, 0) is 0 Å². The Labute approximate surface area is 137 Å².